The summed E-state index contributed by atoms with van der Waals surface area (Å²) in [6.45, 7) is 11.9. The summed E-state index contributed by atoms with van der Waals surface area (Å²) in [4.78, 5) is 19.8. The van der Waals surface area contributed by atoms with Crippen LogP contribution in [-0.2, 0) is 48.7 Å². The van der Waals surface area contributed by atoms with Gasteiger partial charge in [0.2, 0.25) is 0 Å². The van der Waals surface area contributed by atoms with Crippen molar-refractivity contribution in [2.45, 2.75) is 71.1 Å². The summed E-state index contributed by atoms with van der Waals surface area (Å²) in [7, 11) is 3.27. The van der Waals surface area contributed by atoms with Crippen LogP contribution in [-0.4, -0.2) is 35.9 Å². The third-order valence-electron chi connectivity index (χ3n) is 9.07. The molecule has 0 bridgehead atoms. The Morgan fingerprint density at radius 1 is 1.07 bits per heavy atom. The first kappa shape index (κ1) is 31.4. The van der Waals surface area contributed by atoms with Gasteiger partial charge in [0.05, 0.1) is 19.6 Å². The summed E-state index contributed by atoms with van der Waals surface area (Å²) in [5, 5.41) is 4.61. The lowest BCUT2D eigenvalue weighted by molar-refractivity contribution is -0.146. The number of aromatic nitrogens is 2. The first-order valence-corrected chi connectivity index (χ1v) is 15.4. The van der Waals surface area contributed by atoms with Gasteiger partial charge in [-0.2, -0.15) is 18.3 Å². The Morgan fingerprint density at radius 3 is 2.41 bits per heavy atom. The Balaban J connectivity index is 1.46. The highest BCUT2D eigenvalue weighted by Gasteiger charge is 2.32. The molecule has 234 valence electrons. The molecule has 0 saturated heterocycles. The molecular formula is C34H40F3N5O2. The van der Waals surface area contributed by atoms with Gasteiger partial charge in [-0.15, -0.1) is 0 Å². The summed E-state index contributed by atoms with van der Waals surface area (Å²) in [5.74, 6) is 0.981. The standard InChI is InChI=1S/C34H40F3N5O2/c1-5-41(20-23-9-11-25(12-10-23)33(43)44-4)31-18-27-8-6-7-26(27)17-28(31)22-42(32-13-14-40(3)39-32)21-24-15-29(34(35,36)37)19-30(16-24)38-2/h13-19,23,25H,5-12,20-22H2,1,3-4H3. The van der Waals surface area contributed by atoms with Crippen LogP contribution in [0.2, 0.25) is 0 Å². The van der Waals surface area contributed by atoms with E-state index in [1.54, 1.807) is 4.68 Å². The Morgan fingerprint density at radius 2 is 1.80 bits per heavy atom. The van der Waals surface area contributed by atoms with Crippen molar-refractivity contribution in [1.29, 1.82) is 0 Å². The fraction of sp³-hybridized carbons (Fsp3) is 0.500. The van der Waals surface area contributed by atoms with Gasteiger partial charge in [0.25, 0.3) is 0 Å². The molecule has 0 unspecified atom stereocenters. The number of hydrogen-bond acceptors (Lipinski definition) is 5. The average molecular weight is 608 g/mol. The van der Waals surface area contributed by atoms with Gasteiger partial charge in [0.1, 0.15) is 0 Å². The predicted octanol–water partition coefficient (Wildman–Crippen LogP) is 7.49. The number of hydrogen-bond donors (Lipinski definition) is 0. The van der Waals surface area contributed by atoms with Crippen LogP contribution < -0.4 is 9.80 Å². The zero-order chi connectivity index (χ0) is 31.4. The van der Waals surface area contributed by atoms with E-state index >= 15 is 0 Å². The molecule has 0 aliphatic heterocycles. The van der Waals surface area contributed by atoms with Crippen LogP contribution in [0, 0.1) is 18.4 Å². The lowest BCUT2D eigenvalue weighted by atomic mass is 9.81. The maximum absolute atomic E-state index is 13.7. The molecule has 2 aliphatic carbocycles. The molecular weight excluding hydrogens is 567 g/mol. The summed E-state index contributed by atoms with van der Waals surface area (Å²) >= 11 is 0. The van der Waals surface area contributed by atoms with Crippen LogP contribution in [0.1, 0.15) is 66.8 Å². The number of fused-ring (bicyclic) bond motifs is 1. The van der Waals surface area contributed by atoms with Crippen LogP contribution in [0.5, 0.6) is 0 Å². The minimum absolute atomic E-state index is 0.0203. The van der Waals surface area contributed by atoms with Gasteiger partial charge in [-0.25, -0.2) is 4.85 Å². The van der Waals surface area contributed by atoms with E-state index in [9.17, 15) is 18.0 Å². The minimum Gasteiger partial charge on any atom is -0.469 e. The maximum atomic E-state index is 13.7. The third-order valence-corrected chi connectivity index (χ3v) is 9.07. The molecule has 3 aromatic rings. The van der Waals surface area contributed by atoms with Crippen molar-refractivity contribution in [3.05, 3.63) is 81.8 Å². The number of methoxy groups -OCH3 is 1. The monoisotopic (exact) mass is 607 g/mol. The van der Waals surface area contributed by atoms with Crippen molar-refractivity contribution >= 4 is 23.2 Å². The van der Waals surface area contributed by atoms with Gasteiger partial charge in [-0.1, -0.05) is 12.1 Å². The van der Waals surface area contributed by atoms with E-state index in [0.29, 0.717) is 23.8 Å². The van der Waals surface area contributed by atoms with Gasteiger partial charge in [-0.05, 0) is 98.2 Å². The first-order chi connectivity index (χ1) is 21.1. The Bertz CT molecular complexity index is 1520. The SMILES string of the molecule is [C-]#[N+]c1cc(CN(Cc2cc3c(cc2N(CC)CC2CCC(C(=O)OC)CC2)CCC3)c2ccn(C)n2)cc(C(F)(F)F)c1. The van der Waals surface area contributed by atoms with Crippen molar-refractivity contribution in [2.75, 3.05) is 30.0 Å². The van der Waals surface area contributed by atoms with Crippen LogP contribution >= 0.6 is 0 Å². The van der Waals surface area contributed by atoms with E-state index in [1.165, 1.54) is 24.3 Å². The first-order valence-electron chi connectivity index (χ1n) is 15.4. The Labute approximate surface area is 257 Å². The van der Waals surface area contributed by atoms with Gasteiger partial charge in [0.15, 0.2) is 11.5 Å². The molecule has 7 nitrogen and oxygen atoms in total. The van der Waals surface area contributed by atoms with Crippen LogP contribution in [0.25, 0.3) is 4.85 Å². The molecule has 1 fully saturated rings. The molecule has 0 radical (unpaired) electrons. The van der Waals surface area contributed by atoms with Crippen LogP contribution in [0.4, 0.5) is 30.4 Å². The number of carbonyl (C=O) groups is 1. The fourth-order valence-electron chi connectivity index (χ4n) is 6.75. The smallest absolute Gasteiger partial charge is 0.415 e. The van der Waals surface area contributed by atoms with E-state index in [4.69, 9.17) is 11.3 Å². The number of rotatable bonds is 10. The van der Waals surface area contributed by atoms with Gasteiger partial charge in [0, 0.05) is 56.7 Å². The summed E-state index contributed by atoms with van der Waals surface area (Å²) in [6, 6.07) is 10.0. The second-order valence-corrected chi connectivity index (χ2v) is 12.1. The van der Waals surface area contributed by atoms with Crippen molar-refractivity contribution in [2.24, 2.45) is 18.9 Å². The minimum atomic E-state index is -4.55. The fourth-order valence-corrected chi connectivity index (χ4v) is 6.75. The molecule has 1 aromatic heterocycles. The van der Waals surface area contributed by atoms with Gasteiger partial charge >= 0.3 is 12.1 Å². The molecule has 2 aliphatic rings. The molecule has 10 heteroatoms. The molecule has 0 atom stereocenters. The Hall–Kier alpha value is -4.00. The third kappa shape index (κ3) is 7.20. The zero-order valence-electron chi connectivity index (χ0n) is 25.7. The van der Waals surface area contributed by atoms with Crippen molar-refractivity contribution in [3.63, 3.8) is 0 Å². The van der Waals surface area contributed by atoms with E-state index < -0.39 is 11.7 Å². The van der Waals surface area contributed by atoms with E-state index in [0.717, 1.165) is 81.4 Å². The number of aryl methyl sites for hydroxylation is 3. The molecule has 5 rings (SSSR count). The van der Waals surface area contributed by atoms with Crippen molar-refractivity contribution < 1.29 is 22.7 Å². The lowest BCUT2D eigenvalue weighted by Gasteiger charge is -2.35. The van der Waals surface area contributed by atoms with Crippen LogP contribution in [0.3, 0.4) is 0 Å². The number of benzene rings is 2. The summed E-state index contributed by atoms with van der Waals surface area (Å²) in [6.07, 6.45) is 4.05. The van der Waals surface area contributed by atoms with Crippen LogP contribution in [0.15, 0.2) is 42.6 Å². The maximum Gasteiger partial charge on any atom is 0.415 e. The molecule has 1 saturated carbocycles. The highest BCUT2D eigenvalue weighted by atomic mass is 19.4. The number of ether oxygens (including phenoxy) is 1. The largest absolute Gasteiger partial charge is 0.469 e. The van der Waals surface area contributed by atoms with Crippen molar-refractivity contribution in [3.8, 4) is 0 Å². The number of halogens is 3. The normalized spacial score (nSPS) is 18.0. The number of anilines is 2. The second-order valence-electron chi connectivity index (χ2n) is 12.1. The second kappa shape index (κ2) is 13.3. The summed E-state index contributed by atoms with van der Waals surface area (Å²) < 4.78 is 47.8. The highest BCUT2D eigenvalue weighted by molar-refractivity contribution is 5.72. The molecule has 2 aromatic carbocycles. The molecule has 0 spiro atoms. The molecule has 44 heavy (non-hydrogen) atoms. The van der Waals surface area contributed by atoms with E-state index in [2.05, 4.69) is 33.9 Å². The van der Waals surface area contributed by atoms with E-state index in [1.807, 2.05) is 24.2 Å². The number of nitrogens with zero attached hydrogens (tertiary/aromatic N) is 5. The van der Waals surface area contributed by atoms with E-state index in [-0.39, 0.29) is 24.1 Å². The Kier molecular flexibility index (Phi) is 9.52. The average Bonchev–Trinajstić information content (AvgIpc) is 3.67. The van der Waals surface area contributed by atoms with Crippen molar-refractivity contribution in [1.82, 2.24) is 9.78 Å². The van der Waals surface area contributed by atoms with Gasteiger partial charge in [-0.3, -0.25) is 9.48 Å². The number of alkyl halides is 3. The number of carbonyl (C=O) groups excluding carboxylic acids is 1. The number of esters is 1. The summed E-state index contributed by atoms with van der Waals surface area (Å²) in [5.41, 5.74) is 4.50. The molecule has 1 heterocycles. The zero-order valence-corrected chi connectivity index (χ0v) is 25.7. The topological polar surface area (TPSA) is 55.0 Å². The molecule has 0 amide bonds. The van der Waals surface area contributed by atoms with Gasteiger partial charge < -0.3 is 14.5 Å². The quantitative estimate of drug-likeness (QED) is 0.177. The molecule has 0 N–H and O–H groups in total. The highest BCUT2D eigenvalue weighted by Crippen LogP contribution is 2.37. The lowest BCUT2D eigenvalue weighted by Crippen LogP contribution is -2.34. The predicted molar refractivity (Wildman–Crippen MR) is 165 cm³/mol.